The summed E-state index contributed by atoms with van der Waals surface area (Å²) in [4.78, 5) is 16.9. The fourth-order valence-corrected chi connectivity index (χ4v) is 2.55. The Morgan fingerprint density at radius 2 is 2.00 bits per heavy atom. The fourth-order valence-electron chi connectivity index (χ4n) is 2.55. The van der Waals surface area contributed by atoms with E-state index in [1.165, 1.54) is 25.0 Å². The molecule has 5 heteroatoms. The number of hydrogen-bond donors (Lipinski definition) is 2. The van der Waals surface area contributed by atoms with Crippen LogP contribution in [0.5, 0.6) is 0 Å². The molecule has 0 aliphatic heterocycles. The van der Waals surface area contributed by atoms with Crippen molar-refractivity contribution in [1.82, 2.24) is 0 Å². The average Bonchev–Trinajstić information content (AvgIpc) is 2.74. The average molecular weight is 397 g/mol. The lowest BCUT2D eigenvalue weighted by molar-refractivity contribution is -0.112. The zero-order valence-corrected chi connectivity index (χ0v) is 17.9. The van der Waals surface area contributed by atoms with Crippen LogP contribution in [0.2, 0.25) is 0 Å². The molecule has 0 atom stereocenters. The number of amides is 1. The molecule has 1 amide bonds. The molecule has 0 heterocycles. The van der Waals surface area contributed by atoms with E-state index in [1.54, 1.807) is 26.0 Å². The van der Waals surface area contributed by atoms with Crippen LogP contribution in [0.4, 0.5) is 5.69 Å². The van der Waals surface area contributed by atoms with Gasteiger partial charge in [0.25, 0.3) is 5.91 Å². The number of carbonyl (C=O) groups is 1. The van der Waals surface area contributed by atoms with Crippen molar-refractivity contribution in [3.8, 4) is 0 Å². The van der Waals surface area contributed by atoms with E-state index in [4.69, 9.17) is 4.74 Å². The van der Waals surface area contributed by atoms with Gasteiger partial charge in [0.1, 0.15) is 11.5 Å². The molecule has 0 saturated heterocycles. The smallest absolute Gasteiger partial charge is 0.257 e. The summed E-state index contributed by atoms with van der Waals surface area (Å²) in [7, 11) is 1.53. The molecule has 0 aliphatic rings. The van der Waals surface area contributed by atoms with Crippen LogP contribution in [0, 0.1) is 0 Å². The fraction of sp³-hybridized carbons (Fsp3) is 0.333. The number of anilines is 1. The third kappa shape index (κ3) is 8.21. The van der Waals surface area contributed by atoms with Gasteiger partial charge in [-0.1, -0.05) is 38.1 Å². The molecule has 2 N–H and O–H groups in total. The number of allylic oxidation sites excluding steroid dienone is 4. The summed E-state index contributed by atoms with van der Waals surface area (Å²) in [6, 6.07) is 7.86. The van der Waals surface area contributed by atoms with E-state index in [1.807, 2.05) is 24.3 Å². The molecule has 0 fully saturated rings. The predicted molar refractivity (Wildman–Crippen MR) is 121 cm³/mol. The van der Waals surface area contributed by atoms with Crippen LogP contribution in [0.25, 0.3) is 0 Å². The van der Waals surface area contributed by atoms with Crippen LogP contribution in [0.3, 0.4) is 0 Å². The minimum Gasteiger partial charge on any atom is -0.508 e. The molecule has 0 aromatic heterocycles. The number of methoxy groups -OCH3 is 1. The van der Waals surface area contributed by atoms with Crippen LogP contribution in [-0.2, 0) is 16.0 Å². The van der Waals surface area contributed by atoms with E-state index in [-0.39, 0.29) is 18.2 Å². The summed E-state index contributed by atoms with van der Waals surface area (Å²) in [6.45, 7) is 9.49. The first-order valence-electron chi connectivity index (χ1n) is 9.79. The third-order valence-electron chi connectivity index (χ3n) is 4.38. The summed E-state index contributed by atoms with van der Waals surface area (Å²) < 4.78 is 5.20. The molecular formula is C24H32N2O3. The van der Waals surface area contributed by atoms with Gasteiger partial charge in [-0.25, -0.2) is 0 Å². The lowest BCUT2D eigenvalue weighted by atomic mass is 10.1. The summed E-state index contributed by atoms with van der Waals surface area (Å²) in [5, 5.41) is 12.9. The maximum Gasteiger partial charge on any atom is 0.257 e. The van der Waals surface area contributed by atoms with E-state index in [0.29, 0.717) is 16.9 Å². The molecule has 29 heavy (non-hydrogen) atoms. The normalized spacial score (nSPS) is 13.2. The molecule has 5 nitrogen and oxygen atoms in total. The number of hydrogen-bond acceptors (Lipinski definition) is 4. The van der Waals surface area contributed by atoms with E-state index in [0.717, 1.165) is 24.9 Å². The highest BCUT2D eigenvalue weighted by Gasteiger charge is 2.10. The standard InChI is InChI=1S/C24H32N2O3/c1-6-9-11-19-12-14-21(15-13-19)26-24(28)20(10-7-2)16-25-17-22(18(4)29-5)23(27)8-3/h7-8,10,12-16,27H,2,6,9,11,17H2,1,3-5H3,(H,26,28)/b20-10+,22-18+,23-8+,25-16?. The first-order valence-corrected chi connectivity index (χ1v) is 9.79. The summed E-state index contributed by atoms with van der Waals surface area (Å²) >= 11 is 0. The molecule has 0 bridgehead atoms. The van der Waals surface area contributed by atoms with Crippen molar-refractivity contribution in [3.05, 3.63) is 77.3 Å². The monoisotopic (exact) mass is 396 g/mol. The van der Waals surface area contributed by atoms with Crippen molar-refractivity contribution in [2.24, 2.45) is 4.99 Å². The number of benzene rings is 1. The van der Waals surface area contributed by atoms with Crippen molar-refractivity contribution >= 4 is 17.8 Å². The SMILES string of the molecule is C=C/C=C(\C=NCC(/C(O)=C\C)=C(/C)OC)C(=O)Nc1ccc(CCCC)cc1. The topological polar surface area (TPSA) is 70.9 Å². The lowest BCUT2D eigenvalue weighted by Gasteiger charge is -2.09. The van der Waals surface area contributed by atoms with Gasteiger partial charge in [0.15, 0.2) is 0 Å². The Balaban J connectivity index is 2.86. The molecular weight excluding hydrogens is 364 g/mol. The second-order valence-electron chi connectivity index (χ2n) is 6.49. The van der Waals surface area contributed by atoms with E-state index < -0.39 is 0 Å². The second kappa shape index (κ2) is 13.2. The highest BCUT2D eigenvalue weighted by molar-refractivity contribution is 6.17. The highest BCUT2D eigenvalue weighted by Crippen LogP contribution is 2.15. The number of carbonyl (C=O) groups excluding carboxylic acids is 1. The number of aliphatic imine (C=N–C) groups is 1. The predicted octanol–water partition coefficient (Wildman–Crippen LogP) is 5.53. The summed E-state index contributed by atoms with van der Waals surface area (Å²) in [5.41, 5.74) is 2.91. The van der Waals surface area contributed by atoms with Crippen LogP contribution in [0.15, 0.2) is 76.7 Å². The van der Waals surface area contributed by atoms with Gasteiger partial charge >= 0.3 is 0 Å². The first-order chi connectivity index (χ1) is 14.0. The minimum atomic E-state index is -0.279. The summed E-state index contributed by atoms with van der Waals surface area (Å²) in [6.07, 6.45) is 9.51. The van der Waals surface area contributed by atoms with Gasteiger partial charge in [-0.15, -0.1) is 0 Å². The Labute approximate surface area is 174 Å². The number of nitrogens with one attached hydrogen (secondary N) is 1. The lowest BCUT2D eigenvalue weighted by Crippen LogP contribution is -2.15. The Bertz CT molecular complexity index is 800. The molecule has 1 rings (SSSR count). The van der Waals surface area contributed by atoms with Gasteiger partial charge in [-0.2, -0.15) is 0 Å². The van der Waals surface area contributed by atoms with Crippen LogP contribution in [-0.4, -0.2) is 30.9 Å². The van der Waals surface area contributed by atoms with Gasteiger partial charge in [0.2, 0.25) is 0 Å². The largest absolute Gasteiger partial charge is 0.508 e. The number of aliphatic hydroxyl groups excluding tert-OH is 1. The zero-order chi connectivity index (χ0) is 21.6. The highest BCUT2D eigenvalue weighted by atomic mass is 16.5. The molecule has 0 saturated carbocycles. The zero-order valence-electron chi connectivity index (χ0n) is 17.9. The van der Waals surface area contributed by atoms with E-state index >= 15 is 0 Å². The molecule has 156 valence electrons. The second-order valence-corrected chi connectivity index (χ2v) is 6.49. The van der Waals surface area contributed by atoms with Crippen LogP contribution in [0.1, 0.15) is 39.2 Å². The van der Waals surface area contributed by atoms with Gasteiger partial charge in [-0.3, -0.25) is 9.79 Å². The minimum absolute atomic E-state index is 0.100. The number of rotatable bonds is 11. The van der Waals surface area contributed by atoms with Crippen LogP contribution < -0.4 is 5.32 Å². The van der Waals surface area contributed by atoms with Gasteiger partial charge < -0.3 is 15.2 Å². The van der Waals surface area contributed by atoms with Crippen LogP contribution >= 0.6 is 0 Å². The maximum atomic E-state index is 12.6. The number of ether oxygens (including phenoxy) is 1. The molecule has 0 spiro atoms. The molecule has 0 aliphatic carbocycles. The van der Waals surface area contributed by atoms with Crippen molar-refractivity contribution in [2.45, 2.75) is 40.0 Å². The molecule has 1 aromatic rings. The number of unbranched alkanes of at least 4 members (excludes halogenated alkanes) is 1. The maximum absolute atomic E-state index is 12.6. The quantitative estimate of drug-likeness (QED) is 0.223. The number of nitrogens with zero attached hydrogens (tertiary/aromatic N) is 1. The van der Waals surface area contributed by atoms with E-state index in [2.05, 4.69) is 23.8 Å². The van der Waals surface area contributed by atoms with E-state index in [9.17, 15) is 9.90 Å². The first kappa shape index (κ1) is 24.0. The Morgan fingerprint density at radius 3 is 2.55 bits per heavy atom. The molecule has 1 aromatic carbocycles. The Morgan fingerprint density at radius 1 is 1.31 bits per heavy atom. The number of aryl methyl sites for hydroxylation is 1. The third-order valence-corrected chi connectivity index (χ3v) is 4.38. The van der Waals surface area contributed by atoms with Crippen molar-refractivity contribution in [1.29, 1.82) is 0 Å². The van der Waals surface area contributed by atoms with Gasteiger partial charge in [0, 0.05) is 11.9 Å². The van der Waals surface area contributed by atoms with Gasteiger partial charge in [-0.05, 0) is 56.5 Å². The number of aliphatic hydroxyl groups is 1. The Hall–Kier alpha value is -3.08. The summed E-state index contributed by atoms with van der Waals surface area (Å²) in [5.74, 6) is 0.391. The van der Waals surface area contributed by atoms with Crippen molar-refractivity contribution in [3.63, 3.8) is 0 Å². The van der Waals surface area contributed by atoms with Crippen molar-refractivity contribution < 1.29 is 14.6 Å². The van der Waals surface area contributed by atoms with Gasteiger partial charge in [0.05, 0.1) is 24.8 Å². The van der Waals surface area contributed by atoms with Crippen molar-refractivity contribution in [2.75, 3.05) is 19.0 Å². The Kier molecular flexibility index (Phi) is 10.9. The molecule has 0 radical (unpaired) electrons. The molecule has 0 unspecified atom stereocenters.